The average molecular weight is 295 g/mol. The first-order valence-corrected chi connectivity index (χ1v) is 6.99. The molecule has 1 aliphatic heterocycles. The van der Waals surface area contributed by atoms with Crippen LogP contribution >= 0.6 is 0 Å². The van der Waals surface area contributed by atoms with E-state index in [9.17, 15) is 9.18 Å². The van der Waals surface area contributed by atoms with Crippen LogP contribution < -0.4 is 0 Å². The molecule has 2 aromatic rings. The number of nitrogens with zero attached hydrogens (tertiary/aromatic N) is 1. The van der Waals surface area contributed by atoms with Crippen molar-refractivity contribution in [2.45, 2.75) is 12.5 Å². The molecule has 0 spiro atoms. The van der Waals surface area contributed by atoms with Crippen LogP contribution in [0.1, 0.15) is 11.1 Å². The second kappa shape index (κ2) is 6.31. The Bertz CT molecular complexity index is 716. The second-order valence-electron chi connectivity index (χ2n) is 5.03. The Morgan fingerprint density at radius 3 is 2.59 bits per heavy atom. The molecular weight excluding hydrogens is 281 g/mol. The number of carbonyl (C=O) groups is 1. The van der Waals surface area contributed by atoms with Gasteiger partial charge in [-0.25, -0.2) is 14.1 Å². The third kappa shape index (κ3) is 3.26. The van der Waals surface area contributed by atoms with Crippen molar-refractivity contribution in [1.29, 1.82) is 0 Å². The molecule has 1 amide bonds. The minimum atomic E-state index is -0.435. The predicted octanol–water partition coefficient (Wildman–Crippen LogP) is 3.20. The molecule has 0 saturated carbocycles. The fraction of sp³-hybridized carbons (Fsp3) is 0.167. The van der Waals surface area contributed by atoms with Crippen molar-refractivity contribution < 1.29 is 13.9 Å². The van der Waals surface area contributed by atoms with Crippen LogP contribution in [-0.2, 0) is 11.2 Å². The van der Waals surface area contributed by atoms with Crippen LogP contribution in [0.4, 0.5) is 9.18 Å². The van der Waals surface area contributed by atoms with E-state index < -0.39 is 6.09 Å². The number of hydrogen-bond donors (Lipinski definition) is 0. The molecule has 0 radical (unpaired) electrons. The highest BCUT2D eigenvalue weighted by atomic mass is 19.1. The Kier molecular flexibility index (Phi) is 4.06. The molecule has 1 atom stereocenters. The van der Waals surface area contributed by atoms with Crippen LogP contribution in [0.2, 0.25) is 0 Å². The Labute approximate surface area is 128 Å². The fourth-order valence-electron chi connectivity index (χ4n) is 2.29. The van der Waals surface area contributed by atoms with E-state index in [2.05, 4.69) is 12.0 Å². The maximum absolute atomic E-state index is 12.9. The topological polar surface area (TPSA) is 29.5 Å². The zero-order valence-electron chi connectivity index (χ0n) is 11.8. The summed E-state index contributed by atoms with van der Waals surface area (Å²) in [4.78, 5) is 13.2. The number of amides is 1. The number of hydrogen-bond acceptors (Lipinski definition) is 2. The van der Waals surface area contributed by atoms with Gasteiger partial charge in [-0.2, -0.15) is 0 Å². The fourth-order valence-corrected chi connectivity index (χ4v) is 2.29. The van der Waals surface area contributed by atoms with Crippen molar-refractivity contribution in [2.24, 2.45) is 0 Å². The van der Waals surface area contributed by atoms with E-state index in [0.717, 1.165) is 5.56 Å². The van der Waals surface area contributed by atoms with E-state index in [1.165, 1.54) is 17.0 Å². The lowest BCUT2D eigenvalue weighted by atomic mass is 10.1. The van der Waals surface area contributed by atoms with Gasteiger partial charge < -0.3 is 4.74 Å². The lowest BCUT2D eigenvalue weighted by Gasteiger charge is -2.14. The molecule has 110 valence electrons. The van der Waals surface area contributed by atoms with Gasteiger partial charge in [0.25, 0.3) is 0 Å². The van der Waals surface area contributed by atoms with Crippen LogP contribution in [0.15, 0.2) is 54.6 Å². The largest absolute Gasteiger partial charge is 0.446 e. The summed E-state index contributed by atoms with van der Waals surface area (Å²) in [6.07, 6.45) is 0.251. The minimum Gasteiger partial charge on any atom is -0.446 e. The van der Waals surface area contributed by atoms with Gasteiger partial charge in [0.2, 0.25) is 0 Å². The lowest BCUT2D eigenvalue weighted by molar-refractivity contribution is 0.167. The van der Waals surface area contributed by atoms with Crippen LogP contribution in [-0.4, -0.2) is 23.6 Å². The van der Waals surface area contributed by atoms with E-state index in [1.54, 1.807) is 12.1 Å². The van der Waals surface area contributed by atoms with Gasteiger partial charge in [-0.3, -0.25) is 0 Å². The molecule has 1 saturated heterocycles. The Morgan fingerprint density at radius 1 is 1.14 bits per heavy atom. The van der Waals surface area contributed by atoms with E-state index in [4.69, 9.17) is 4.74 Å². The summed E-state index contributed by atoms with van der Waals surface area (Å²) in [5, 5.41) is 0. The monoisotopic (exact) mass is 295 g/mol. The van der Waals surface area contributed by atoms with Gasteiger partial charge in [0, 0.05) is 11.6 Å². The zero-order valence-corrected chi connectivity index (χ0v) is 11.8. The smallest absolute Gasteiger partial charge is 0.422 e. The highest BCUT2D eigenvalue weighted by Crippen LogP contribution is 2.16. The van der Waals surface area contributed by atoms with E-state index in [1.807, 2.05) is 30.3 Å². The van der Waals surface area contributed by atoms with Crippen molar-refractivity contribution in [2.75, 3.05) is 6.61 Å². The van der Waals surface area contributed by atoms with Crippen LogP contribution in [0, 0.1) is 17.8 Å². The number of rotatable bonds is 2. The SMILES string of the molecule is O=C1OC[C@@H](Cc2ccccc2)N1C#Cc1ccc(F)cc1. The van der Waals surface area contributed by atoms with E-state index >= 15 is 0 Å². The van der Waals surface area contributed by atoms with Crippen molar-refractivity contribution in [3.05, 3.63) is 71.5 Å². The molecule has 3 nitrogen and oxygen atoms in total. The zero-order chi connectivity index (χ0) is 15.4. The van der Waals surface area contributed by atoms with Gasteiger partial charge >= 0.3 is 6.09 Å². The standard InChI is InChI=1S/C18H14FNO2/c19-16-8-6-14(7-9-16)10-11-20-17(13-22-18(20)21)12-15-4-2-1-3-5-15/h1-9,17H,12-13H2/t17-/m1/s1. The highest BCUT2D eigenvalue weighted by molar-refractivity contribution is 5.72. The quantitative estimate of drug-likeness (QED) is 0.796. The van der Waals surface area contributed by atoms with Gasteiger partial charge in [0.1, 0.15) is 12.4 Å². The molecule has 3 rings (SSSR count). The molecule has 4 heteroatoms. The molecule has 0 N–H and O–H groups in total. The Morgan fingerprint density at radius 2 is 1.86 bits per heavy atom. The maximum atomic E-state index is 12.9. The van der Waals surface area contributed by atoms with Gasteiger partial charge in [-0.05, 0) is 42.2 Å². The first-order chi connectivity index (χ1) is 10.7. The summed E-state index contributed by atoms with van der Waals surface area (Å²) >= 11 is 0. The van der Waals surface area contributed by atoms with Crippen molar-refractivity contribution in [3.63, 3.8) is 0 Å². The van der Waals surface area contributed by atoms with E-state index in [-0.39, 0.29) is 11.9 Å². The number of carbonyl (C=O) groups excluding carboxylic acids is 1. The van der Waals surface area contributed by atoms with Gasteiger partial charge in [0.15, 0.2) is 0 Å². The van der Waals surface area contributed by atoms with Crippen LogP contribution in [0.5, 0.6) is 0 Å². The first kappa shape index (κ1) is 14.2. The number of cyclic esters (lactones) is 1. The average Bonchev–Trinajstić information content (AvgIpc) is 2.88. The molecule has 1 heterocycles. The normalized spacial score (nSPS) is 16.9. The summed E-state index contributed by atoms with van der Waals surface area (Å²) in [7, 11) is 0. The van der Waals surface area contributed by atoms with Gasteiger partial charge in [-0.15, -0.1) is 0 Å². The third-order valence-corrected chi connectivity index (χ3v) is 3.44. The number of ether oxygens (including phenoxy) is 1. The molecule has 0 bridgehead atoms. The van der Waals surface area contributed by atoms with Crippen molar-refractivity contribution >= 4 is 6.09 Å². The van der Waals surface area contributed by atoms with Gasteiger partial charge in [-0.1, -0.05) is 30.3 Å². The number of benzene rings is 2. The molecule has 0 aromatic heterocycles. The summed E-state index contributed by atoms with van der Waals surface area (Å²) in [5.41, 5.74) is 1.78. The van der Waals surface area contributed by atoms with Crippen LogP contribution in [0.25, 0.3) is 0 Å². The first-order valence-electron chi connectivity index (χ1n) is 6.99. The van der Waals surface area contributed by atoms with Crippen molar-refractivity contribution in [1.82, 2.24) is 4.90 Å². The summed E-state index contributed by atoms with van der Waals surface area (Å²) < 4.78 is 17.9. The molecule has 22 heavy (non-hydrogen) atoms. The number of halogens is 1. The lowest BCUT2D eigenvalue weighted by Crippen LogP contribution is -2.30. The van der Waals surface area contributed by atoms with Crippen LogP contribution in [0.3, 0.4) is 0 Å². The predicted molar refractivity (Wildman–Crippen MR) is 80.4 cm³/mol. The Balaban J connectivity index is 1.75. The van der Waals surface area contributed by atoms with E-state index in [0.29, 0.717) is 18.6 Å². The molecule has 0 unspecified atom stereocenters. The highest BCUT2D eigenvalue weighted by Gasteiger charge is 2.32. The summed E-state index contributed by atoms with van der Waals surface area (Å²) in [5.74, 6) is 2.56. The summed E-state index contributed by atoms with van der Waals surface area (Å²) in [6, 6.07) is 18.4. The molecule has 1 fully saturated rings. The second-order valence-corrected chi connectivity index (χ2v) is 5.03. The molecule has 0 aliphatic carbocycles. The Hall–Kier alpha value is -2.80. The minimum absolute atomic E-state index is 0.108. The third-order valence-electron chi connectivity index (χ3n) is 3.44. The summed E-state index contributed by atoms with van der Waals surface area (Å²) in [6.45, 7) is 0.325. The van der Waals surface area contributed by atoms with Gasteiger partial charge in [0.05, 0.1) is 6.04 Å². The molecule has 2 aromatic carbocycles. The maximum Gasteiger partial charge on any atom is 0.422 e. The molecular formula is C18H14FNO2. The van der Waals surface area contributed by atoms with Crippen molar-refractivity contribution in [3.8, 4) is 12.0 Å². The molecule has 1 aliphatic rings.